The van der Waals surface area contributed by atoms with Crippen LogP contribution in [0.15, 0.2) is 0 Å². The number of rotatable bonds is 6. The first-order chi connectivity index (χ1) is 12.5. The van der Waals surface area contributed by atoms with Gasteiger partial charge in [-0.15, -0.1) is 0 Å². The summed E-state index contributed by atoms with van der Waals surface area (Å²) < 4.78 is 43.7. The molecule has 1 saturated carbocycles. The van der Waals surface area contributed by atoms with Crippen molar-refractivity contribution in [3.63, 3.8) is 0 Å². The lowest BCUT2D eigenvalue weighted by Crippen LogP contribution is -2.23. The third-order valence-corrected chi connectivity index (χ3v) is 11.9. The summed E-state index contributed by atoms with van der Waals surface area (Å²) in [4.78, 5) is 25.4. The molecule has 0 unspecified atom stereocenters. The van der Waals surface area contributed by atoms with Gasteiger partial charge in [0, 0.05) is 14.3 Å². The lowest BCUT2D eigenvalue weighted by molar-refractivity contribution is 0.0305. The van der Waals surface area contributed by atoms with E-state index in [2.05, 4.69) is 45.2 Å². The highest BCUT2D eigenvalue weighted by Crippen LogP contribution is 2.34. The van der Waals surface area contributed by atoms with Gasteiger partial charge in [0.15, 0.2) is 0 Å². The normalized spacial score (nSPS) is 15.0. The van der Waals surface area contributed by atoms with Crippen molar-refractivity contribution in [3.8, 4) is 0 Å². The minimum atomic E-state index is -4.25. The Bertz CT molecular complexity index is 864. The van der Waals surface area contributed by atoms with Crippen molar-refractivity contribution in [3.05, 3.63) is 25.4 Å². The van der Waals surface area contributed by atoms with Crippen LogP contribution in [0.2, 0.25) is 0 Å². The Morgan fingerprint density at radius 1 is 0.926 bits per heavy atom. The Kier molecular flexibility index (Phi) is 9.29. The van der Waals surface area contributed by atoms with Crippen molar-refractivity contribution in [2.24, 2.45) is 0 Å². The molecule has 1 N–H and O–H groups in total. The average Bonchev–Trinajstić information content (AvgIpc) is 3.07. The van der Waals surface area contributed by atoms with Gasteiger partial charge in [-0.05, 0) is 116 Å². The standard InChI is InChI=1S/C15H14I4O7S/c16-10-8(14(20)25-5-6-27(22,23)24)9(11(17)13(19)12(10)18)15(21)26-7-3-1-2-4-7/h7H,1-6H2,(H,22,23,24). The smallest absolute Gasteiger partial charge is 0.340 e. The van der Waals surface area contributed by atoms with E-state index in [0.29, 0.717) is 7.14 Å². The van der Waals surface area contributed by atoms with Crippen molar-refractivity contribution in [1.82, 2.24) is 0 Å². The summed E-state index contributed by atoms with van der Waals surface area (Å²) in [5, 5.41) is 0. The van der Waals surface area contributed by atoms with E-state index in [9.17, 15) is 18.0 Å². The van der Waals surface area contributed by atoms with Crippen molar-refractivity contribution in [2.45, 2.75) is 31.8 Å². The van der Waals surface area contributed by atoms with Crippen molar-refractivity contribution < 1.29 is 32.0 Å². The summed E-state index contributed by atoms with van der Waals surface area (Å²) in [6.07, 6.45) is 3.44. The van der Waals surface area contributed by atoms with Gasteiger partial charge >= 0.3 is 11.9 Å². The van der Waals surface area contributed by atoms with E-state index >= 15 is 0 Å². The number of esters is 2. The van der Waals surface area contributed by atoms with E-state index in [1.807, 2.05) is 45.2 Å². The quantitative estimate of drug-likeness (QED) is 0.150. The van der Waals surface area contributed by atoms with Crippen LogP contribution in [0.5, 0.6) is 0 Å². The summed E-state index contributed by atoms with van der Waals surface area (Å²) in [5.41, 5.74) is 0.191. The Balaban J connectivity index is 2.38. The average molecular weight is 846 g/mol. The molecule has 1 aromatic carbocycles. The van der Waals surface area contributed by atoms with Gasteiger partial charge in [0.1, 0.15) is 18.5 Å². The number of benzene rings is 1. The number of hydrogen-bond donors (Lipinski definition) is 1. The molecule has 1 aromatic rings. The second-order valence-corrected chi connectivity index (χ2v) is 11.6. The number of ether oxygens (including phenoxy) is 2. The van der Waals surface area contributed by atoms with Gasteiger partial charge in [0.2, 0.25) is 0 Å². The van der Waals surface area contributed by atoms with Crippen molar-refractivity contribution in [1.29, 1.82) is 0 Å². The highest BCUT2D eigenvalue weighted by atomic mass is 127. The molecule has 0 aliphatic heterocycles. The molecule has 150 valence electrons. The fraction of sp³-hybridized carbons (Fsp3) is 0.467. The van der Waals surface area contributed by atoms with Crippen molar-refractivity contribution in [2.75, 3.05) is 12.4 Å². The SMILES string of the molecule is O=C(OCCS(=O)(=O)O)c1c(I)c(I)c(I)c(I)c1C(=O)OC1CCCC1. The zero-order chi connectivity index (χ0) is 20.4. The molecule has 0 radical (unpaired) electrons. The molecule has 0 amide bonds. The number of carbonyl (C=O) groups is 2. The van der Waals surface area contributed by atoms with Gasteiger partial charge in [-0.2, -0.15) is 8.42 Å². The van der Waals surface area contributed by atoms with Crippen molar-refractivity contribution >= 4 is 112 Å². The monoisotopic (exact) mass is 846 g/mol. The van der Waals surface area contributed by atoms with E-state index in [1.54, 1.807) is 0 Å². The fourth-order valence-electron chi connectivity index (χ4n) is 2.54. The minimum Gasteiger partial charge on any atom is -0.461 e. The molecular weight excluding hydrogens is 832 g/mol. The zero-order valence-corrected chi connectivity index (χ0v) is 23.1. The second kappa shape index (κ2) is 10.3. The van der Waals surface area contributed by atoms with Crippen LogP contribution in [0, 0.1) is 14.3 Å². The van der Waals surface area contributed by atoms with Crippen LogP contribution < -0.4 is 0 Å². The lowest BCUT2D eigenvalue weighted by atomic mass is 10.1. The first kappa shape index (κ1) is 24.3. The topological polar surface area (TPSA) is 107 Å². The molecule has 0 aromatic heterocycles. The summed E-state index contributed by atoms with van der Waals surface area (Å²) >= 11 is 8.14. The highest BCUT2D eigenvalue weighted by Gasteiger charge is 2.31. The Hall–Kier alpha value is 0.990. The maximum absolute atomic E-state index is 12.8. The molecule has 1 fully saturated rings. The number of carbonyl (C=O) groups excluding carboxylic acids is 2. The zero-order valence-electron chi connectivity index (χ0n) is 13.6. The van der Waals surface area contributed by atoms with Crippen LogP contribution in [0.25, 0.3) is 0 Å². The lowest BCUT2D eigenvalue weighted by Gasteiger charge is -2.18. The predicted molar refractivity (Wildman–Crippen MR) is 132 cm³/mol. The molecule has 1 aliphatic rings. The molecular formula is C15H14I4O7S. The van der Waals surface area contributed by atoms with E-state index in [0.717, 1.165) is 32.8 Å². The predicted octanol–water partition coefficient (Wildman–Crippen LogP) is 4.25. The van der Waals surface area contributed by atoms with Gasteiger partial charge < -0.3 is 9.47 Å². The third kappa shape index (κ3) is 6.48. The Morgan fingerprint density at radius 3 is 1.89 bits per heavy atom. The van der Waals surface area contributed by atoms with Crippen LogP contribution in [0.3, 0.4) is 0 Å². The Labute approximate surface area is 211 Å². The fourth-order valence-corrected chi connectivity index (χ4v) is 6.47. The maximum Gasteiger partial charge on any atom is 0.340 e. The molecule has 27 heavy (non-hydrogen) atoms. The van der Waals surface area contributed by atoms with Gasteiger partial charge in [-0.25, -0.2) is 9.59 Å². The van der Waals surface area contributed by atoms with Crippen LogP contribution in [-0.2, 0) is 19.6 Å². The molecule has 1 aliphatic carbocycles. The maximum atomic E-state index is 12.8. The van der Waals surface area contributed by atoms with Gasteiger partial charge in [0.05, 0.1) is 11.1 Å². The summed E-state index contributed by atoms with van der Waals surface area (Å²) in [6, 6.07) is 0. The highest BCUT2D eigenvalue weighted by molar-refractivity contribution is 14.1. The summed E-state index contributed by atoms with van der Waals surface area (Å²) in [7, 11) is -4.25. The van der Waals surface area contributed by atoms with E-state index in [1.165, 1.54) is 0 Å². The van der Waals surface area contributed by atoms with Crippen LogP contribution in [0.4, 0.5) is 0 Å². The minimum absolute atomic E-state index is 0.0585. The third-order valence-electron chi connectivity index (χ3n) is 3.83. The number of halogens is 4. The number of hydrogen-bond acceptors (Lipinski definition) is 6. The molecule has 0 heterocycles. The molecule has 12 heteroatoms. The van der Waals surface area contributed by atoms with Crippen LogP contribution >= 0.6 is 90.4 Å². The molecule has 0 spiro atoms. The first-order valence-electron chi connectivity index (χ1n) is 7.72. The second-order valence-electron chi connectivity index (χ2n) is 5.74. The van der Waals surface area contributed by atoms with E-state index in [4.69, 9.17) is 14.0 Å². The largest absolute Gasteiger partial charge is 0.461 e. The molecule has 7 nitrogen and oxygen atoms in total. The molecule has 0 bridgehead atoms. The summed E-state index contributed by atoms with van der Waals surface area (Å²) in [5.74, 6) is -2.12. The van der Waals surface area contributed by atoms with Gasteiger partial charge in [0.25, 0.3) is 10.1 Å². The van der Waals surface area contributed by atoms with Gasteiger partial charge in [-0.3, -0.25) is 4.55 Å². The van der Waals surface area contributed by atoms with Crippen LogP contribution in [-0.4, -0.2) is 43.4 Å². The molecule has 0 atom stereocenters. The molecule has 0 saturated heterocycles. The van der Waals surface area contributed by atoms with E-state index < -0.39 is 34.4 Å². The van der Waals surface area contributed by atoms with Crippen LogP contribution in [0.1, 0.15) is 46.4 Å². The Morgan fingerprint density at radius 2 is 1.41 bits per heavy atom. The molecule has 2 rings (SSSR count). The van der Waals surface area contributed by atoms with Gasteiger partial charge in [-0.1, -0.05) is 0 Å². The summed E-state index contributed by atoms with van der Waals surface area (Å²) in [6.45, 7) is -0.510. The first-order valence-corrected chi connectivity index (χ1v) is 13.6. The van der Waals surface area contributed by atoms with E-state index in [-0.39, 0.29) is 17.2 Å².